The fraction of sp³-hybridized carbons (Fsp3) is 0.455. The molecular formula is C11H15N2O. The van der Waals surface area contributed by atoms with Crippen molar-refractivity contribution in [3.63, 3.8) is 0 Å². The Hall–Kier alpha value is -1.22. The highest BCUT2D eigenvalue weighted by Gasteiger charge is 2.13. The van der Waals surface area contributed by atoms with Crippen LogP contribution in [0.3, 0.4) is 0 Å². The molecule has 0 N–H and O–H groups in total. The Balaban J connectivity index is 2.05. The van der Waals surface area contributed by atoms with Gasteiger partial charge in [-0.2, -0.15) is 0 Å². The second-order valence-corrected chi connectivity index (χ2v) is 3.78. The van der Waals surface area contributed by atoms with Crippen molar-refractivity contribution < 1.29 is 5.11 Å². The van der Waals surface area contributed by atoms with E-state index < -0.39 is 0 Å². The van der Waals surface area contributed by atoms with E-state index in [1.165, 1.54) is 0 Å². The molecule has 2 rings (SSSR count). The molecule has 1 aliphatic heterocycles. The van der Waals surface area contributed by atoms with Crippen LogP contribution < -0.4 is 4.90 Å². The molecule has 75 valence electrons. The highest BCUT2D eigenvalue weighted by atomic mass is 16.3. The molecule has 1 saturated heterocycles. The third-order valence-corrected chi connectivity index (χ3v) is 2.71. The van der Waals surface area contributed by atoms with Gasteiger partial charge in [-0.3, -0.25) is 5.11 Å². The number of rotatable bonds is 1. The number of piperazine rings is 1. The third-order valence-electron chi connectivity index (χ3n) is 2.71. The first-order valence-electron chi connectivity index (χ1n) is 4.96. The first kappa shape index (κ1) is 9.34. The van der Waals surface area contributed by atoms with Crippen molar-refractivity contribution in [2.24, 2.45) is 0 Å². The maximum atomic E-state index is 10.9. The SMILES string of the molecule is CN1CCN(c2ccc([O])cc2)CC1. The zero-order chi connectivity index (χ0) is 9.97. The molecule has 14 heavy (non-hydrogen) atoms. The van der Waals surface area contributed by atoms with Crippen LogP contribution >= 0.6 is 0 Å². The Morgan fingerprint density at radius 2 is 1.57 bits per heavy atom. The monoisotopic (exact) mass is 191 g/mol. The Morgan fingerprint density at radius 3 is 2.14 bits per heavy atom. The van der Waals surface area contributed by atoms with E-state index >= 15 is 0 Å². The van der Waals surface area contributed by atoms with Crippen LogP contribution in [0.15, 0.2) is 24.3 Å². The van der Waals surface area contributed by atoms with E-state index in [0.29, 0.717) is 0 Å². The molecule has 0 aromatic heterocycles. The van der Waals surface area contributed by atoms with E-state index in [1.807, 2.05) is 12.1 Å². The van der Waals surface area contributed by atoms with Crippen LogP contribution in [0.2, 0.25) is 0 Å². The number of hydrogen-bond donors (Lipinski definition) is 0. The molecule has 3 heteroatoms. The summed E-state index contributed by atoms with van der Waals surface area (Å²) in [6.45, 7) is 4.29. The van der Waals surface area contributed by atoms with Gasteiger partial charge in [-0.1, -0.05) is 0 Å². The normalized spacial score (nSPS) is 18.5. The molecular weight excluding hydrogens is 176 g/mol. The van der Waals surface area contributed by atoms with Crippen LogP contribution in [0.25, 0.3) is 0 Å². The number of nitrogens with zero attached hydrogens (tertiary/aromatic N) is 2. The van der Waals surface area contributed by atoms with Crippen LogP contribution in [0, 0.1) is 0 Å². The molecule has 1 fully saturated rings. The van der Waals surface area contributed by atoms with Crippen LogP contribution in [0.4, 0.5) is 5.69 Å². The van der Waals surface area contributed by atoms with Gasteiger partial charge in [0, 0.05) is 31.9 Å². The fourth-order valence-corrected chi connectivity index (χ4v) is 1.72. The van der Waals surface area contributed by atoms with Crippen molar-refractivity contribution in [2.45, 2.75) is 0 Å². The molecule has 1 radical (unpaired) electrons. The molecule has 0 aliphatic carbocycles. The molecule has 0 bridgehead atoms. The Kier molecular flexibility index (Phi) is 2.59. The van der Waals surface area contributed by atoms with Crippen molar-refractivity contribution in [1.29, 1.82) is 0 Å². The molecule has 0 amide bonds. The number of likely N-dealkylation sites (N-methyl/N-ethyl adjacent to an activating group) is 1. The largest absolute Gasteiger partial charge is 0.369 e. The summed E-state index contributed by atoms with van der Waals surface area (Å²) in [5.74, 6) is 0.0860. The first-order chi connectivity index (χ1) is 6.75. The van der Waals surface area contributed by atoms with Crippen molar-refractivity contribution in [2.75, 3.05) is 38.1 Å². The fourth-order valence-electron chi connectivity index (χ4n) is 1.72. The van der Waals surface area contributed by atoms with Gasteiger partial charge < -0.3 is 9.80 Å². The molecule has 3 nitrogen and oxygen atoms in total. The van der Waals surface area contributed by atoms with Gasteiger partial charge in [0.2, 0.25) is 0 Å². The Labute approximate surface area is 84.6 Å². The molecule has 0 unspecified atom stereocenters. The molecule has 0 spiro atoms. The zero-order valence-corrected chi connectivity index (χ0v) is 8.44. The van der Waals surface area contributed by atoms with Crippen molar-refractivity contribution in [3.8, 4) is 5.75 Å². The minimum atomic E-state index is 0.0860. The predicted molar refractivity (Wildman–Crippen MR) is 56.3 cm³/mol. The predicted octanol–water partition coefficient (Wildman–Crippen LogP) is 1.58. The molecule has 0 saturated carbocycles. The average Bonchev–Trinajstić information content (AvgIpc) is 2.21. The maximum absolute atomic E-state index is 10.9. The summed E-state index contributed by atoms with van der Waals surface area (Å²) in [5.41, 5.74) is 1.16. The summed E-state index contributed by atoms with van der Waals surface area (Å²) in [6, 6.07) is 7.09. The van der Waals surface area contributed by atoms with Gasteiger partial charge >= 0.3 is 0 Å². The highest BCUT2D eigenvalue weighted by molar-refractivity contribution is 5.49. The zero-order valence-electron chi connectivity index (χ0n) is 8.44. The summed E-state index contributed by atoms with van der Waals surface area (Å²) in [5, 5.41) is 10.9. The van der Waals surface area contributed by atoms with Crippen LogP contribution in [0.5, 0.6) is 5.75 Å². The summed E-state index contributed by atoms with van der Waals surface area (Å²) < 4.78 is 0. The number of hydrogen-bond acceptors (Lipinski definition) is 2. The van der Waals surface area contributed by atoms with Gasteiger partial charge in [-0.25, -0.2) is 0 Å². The van der Waals surface area contributed by atoms with Crippen molar-refractivity contribution >= 4 is 5.69 Å². The summed E-state index contributed by atoms with van der Waals surface area (Å²) >= 11 is 0. The molecule has 1 aromatic carbocycles. The van der Waals surface area contributed by atoms with Gasteiger partial charge in [0.15, 0.2) is 5.75 Å². The molecule has 1 aromatic rings. The van der Waals surface area contributed by atoms with Gasteiger partial charge in [-0.05, 0) is 31.3 Å². The lowest BCUT2D eigenvalue weighted by atomic mass is 10.2. The van der Waals surface area contributed by atoms with Crippen molar-refractivity contribution in [1.82, 2.24) is 4.90 Å². The minimum absolute atomic E-state index is 0.0860. The highest BCUT2D eigenvalue weighted by Crippen LogP contribution is 2.19. The lowest BCUT2D eigenvalue weighted by Gasteiger charge is -2.33. The Morgan fingerprint density at radius 1 is 1.00 bits per heavy atom. The van der Waals surface area contributed by atoms with Crippen LogP contribution in [-0.4, -0.2) is 38.1 Å². The summed E-state index contributed by atoms with van der Waals surface area (Å²) in [7, 11) is 2.14. The van der Waals surface area contributed by atoms with Crippen molar-refractivity contribution in [3.05, 3.63) is 24.3 Å². The quantitative estimate of drug-likeness (QED) is 0.673. The average molecular weight is 191 g/mol. The van der Waals surface area contributed by atoms with E-state index in [-0.39, 0.29) is 5.75 Å². The maximum Gasteiger partial charge on any atom is 0.178 e. The first-order valence-corrected chi connectivity index (χ1v) is 4.96. The lowest BCUT2D eigenvalue weighted by molar-refractivity contribution is 0.312. The number of anilines is 1. The van der Waals surface area contributed by atoms with E-state index in [0.717, 1.165) is 31.9 Å². The smallest absolute Gasteiger partial charge is 0.178 e. The van der Waals surface area contributed by atoms with Gasteiger partial charge in [-0.15, -0.1) is 0 Å². The molecule has 1 aliphatic rings. The molecule has 0 atom stereocenters. The van der Waals surface area contributed by atoms with E-state index in [4.69, 9.17) is 0 Å². The lowest BCUT2D eigenvalue weighted by Crippen LogP contribution is -2.44. The second kappa shape index (κ2) is 3.88. The van der Waals surface area contributed by atoms with E-state index in [1.54, 1.807) is 12.1 Å². The minimum Gasteiger partial charge on any atom is -0.369 e. The Bertz CT molecular complexity index is 289. The second-order valence-electron chi connectivity index (χ2n) is 3.78. The third kappa shape index (κ3) is 1.99. The van der Waals surface area contributed by atoms with Gasteiger partial charge in [0.05, 0.1) is 0 Å². The standard InChI is InChI=1S/C11H15N2O/c1-12-6-8-13(9-7-12)10-2-4-11(14)5-3-10/h2-5H,6-9H2,1H3. The van der Waals surface area contributed by atoms with Crippen LogP contribution in [0.1, 0.15) is 0 Å². The van der Waals surface area contributed by atoms with E-state index in [2.05, 4.69) is 16.8 Å². The van der Waals surface area contributed by atoms with Gasteiger partial charge in [0.1, 0.15) is 0 Å². The topological polar surface area (TPSA) is 26.4 Å². The van der Waals surface area contributed by atoms with E-state index in [9.17, 15) is 5.11 Å². The summed E-state index contributed by atoms with van der Waals surface area (Å²) in [6.07, 6.45) is 0. The molecule has 1 heterocycles. The van der Waals surface area contributed by atoms with Crippen LogP contribution in [-0.2, 0) is 5.11 Å². The van der Waals surface area contributed by atoms with Gasteiger partial charge in [0.25, 0.3) is 0 Å². The number of benzene rings is 1. The summed E-state index contributed by atoms with van der Waals surface area (Å²) in [4.78, 5) is 4.64.